The molecule has 6 atom stereocenters. The number of ether oxygens (including phenoxy) is 1. The minimum Gasteiger partial charge on any atom is -0.394 e. The monoisotopic (exact) mass is 562 g/mol. The lowest BCUT2D eigenvalue weighted by atomic mass is 10.0. The van der Waals surface area contributed by atoms with Gasteiger partial charge in [0, 0.05) is 6.61 Å². The predicted octanol–water partition coefficient (Wildman–Crippen LogP) is 2.67. The number of aliphatic hydroxyl groups excluding tert-OH is 5. The van der Waals surface area contributed by atoms with Crippen molar-refractivity contribution >= 4 is 11.8 Å². The summed E-state index contributed by atoms with van der Waals surface area (Å²) in [4.78, 5) is 25.1. The predicted molar refractivity (Wildman–Crippen MR) is 152 cm³/mol. The van der Waals surface area contributed by atoms with E-state index in [-0.39, 0.29) is 5.91 Å². The van der Waals surface area contributed by atoms with E-state index in [1.54, 1.807) is 6.92 Å². The molecule has 10 nitrogen and oxygen atoms in total. The summed E-state index contributed by atoms with van der Waals surface area (Å²) in [5.41, 5.74) is 0. The number of aliphatic hydroxyl groups is 5. The van der Waals surface area contributed by atoms with Crippen LogP contribution in [-0.2, 0) is 14.3 Å². The fourth-order valence-electron chi connectivity index (χ4n) is 4.34. The molecule has 0 spiro atoms. The van der Waals surface area contributed by atoms with Gasteiger partial charge in [0.05, 0.1) is 6.61 Å². The van der Waals surface area contributed by atoms with Crippen LogP contribution in [0.2, 0.25) is 0 Å². The van der Waals surface area contributed by atoms with Crippen molar-refractivity contribution in [2.45, 2.75) is 160 Å². The van der Waals surface area contributed by atoms with E-state index in [2.05, 4.69) is 17.6 Å². The van der Waals surface area contributed by atoms with Gasteiger partial charge in [0.25, 0.3) is 11.8 Å². The largest absolute Gasteiger partial charge is 0.394 e. The number of nitrogens with one attached hydrogen (secondary N) is 2. The van der Waals surface area contributed by atoms with E-state index >= 15 is 0 Å². The molecule has 0 aliphatic heterocycles. The molecule has 10 heteroatoms. The summed E-state index contributed by atoms with van der Waals surface area (Å²) in [5.74, 6) is -1.40. The van der Waals surface area contributed by atoms with Gasteiger partial charge in [0.1, 0.15) is 30.6 Å². The SMILES string of the molecule is CCCCCCCCCCCCCCCOC(CCC)C(=O)NC(CC)NC(=O)[C@H](O)[C@@H](O)[C@H](O)[C@H](O)CO. The summed E-state index contributed by atoms with van der Waals surface area (Å²) < 4.78 is 5.85. The number of hydrogen-bond acceptors (Lipinski definition) is 8. The maximum absolute atomic E-state index is 12.8. The Labute approximate surface area is 235 Å². The highest BCUT2D eigenvalue weighted by Crippen LogP contribution is 2.13. The molecule has 0 bridgehead atoms. The Morgan fingerprint density at radius 2 is 1.15 bits per heavy atom. The molecule has 0 saturated heterocycles. The highest BCUT2D eigenvalue weighted by molar-refractivity contribution is 5.84. The summed E-state index contributed by atoms with van der Waals surface area (Å²) in [6.07, 6.45) is 8.71. The van der Waals surface area contributed by atoms with Crippen LogP contribution in [0.25, 0.3) is 0 Å². The van der Waals surface area contributed by atoms with Crippen LogP contribution in [0, 0.1) is 0 Å². The standard InChI is InChI=1S/C29H58N2O8/c1-4-7-8-9-10-11-12-13-14-15-16-17-18-20-39-23(19-5-2)28(37)30-24(6-3)31-29(38)27(36)26(35)25(34)22(33)21-32/h22-27,32-36H,4-21H2,1-3H3,(H,30,37)(H,31,38)/t22-,23?,24?,25-,26+,27-/m1/s1. The number of carbonyl (C=O) groups excluding carboxylic acids is 2. The molecule has 0 rings (SSSR count). The molecule has 0 aliphatic rings. The van der Waals surface area contributed by atoms with E-state index < -0.39 is 49.2 Å². The summed E-state index contributed by atoms with van der Waals surface area (Å²) in [7, 11) is 0. The molecule has 0 fully saturated rings. The van der Waals surface area contributed by atoms with E-state index in [4.69, 9.17) is 9.84 Å². The van der Waals surface area contributed by atoms with Crippen molar-refractivity contribution in [2.24, 2.45) is 0 Å². The highest BCUT2D eigenvalue weighted by atomic mass is 16.5. The molecule has 0 aromatic rings. The molecule has 0 saturated carbocycles. The van der Waals surface area contributed by atoms with Crippen molar-refractivity contribution in [2.75, 3.05) is 13.2 Å². The Kier molecular flexibility index (Phi) is 23.7. The Hall–Kier alpha value is -1.30. The third kappa shape index (κ3) is 17.9. The second kappa shape index (κ2) is 24.5. The fourth-order valence-corrected chi connectivity index (χ4v) is 4.34. The number of unbranched alkanes of at least 4 members (excludes halogenated alkanes) is 12. The van der Waals surface area contributed by atoms with E-state index in [0.717, 1.165) is 25.7 Å². The van der Waals surface area contributed by atoms with E-state index in [1.165, 1.54) is 64.2 Å². The number of carbonyl (C=O) groups is 2. The smallest absolute Gasteiger partial charge is 0.253 e. The van der Waals surface area contributed by atoms with Crippen molar-refractivity contribution in [3.63, 3.8) is 0 Å². The van der Waals surface area contributed by atoms with Gasteiger partial charge in [-0.1, -0.05) is 104 Å². The lowest BCUT2D eigenvalue weighted by Crippen LogP contribution is -2.57. The van der Waals surface area contributed by atoms with Gasteiger partial charge in [0.15, 0.2) is 6.10 Å². The van der Waals surface area contributed by atoms with Gasteiger partial charge in [-0.05, 0) is 19.3 Å². The molecular weight excluding hydrogens is 504 g/mol. The number of amides is 2. The third-order valence-electron chi connectivity index (χ3n) is 6.97. The second-order valence-electron chi connectivity index (χ2n) is 10.5. The van der Waals surface area contributed by atoms with Crippen LogP contribution in [0.4, 0.5) is 0 Å². The lowest BCUT2D eigenvalue weighted by molar-refractivity contribution is -0.150. The van der Waals surface area contributed by atoms with Gasteiger partial charge in [-0.25, -0.2) is 0 Å². The van der Waals surface area contributed by atoms with Crippen LogP contribution < -0.4 is 10.6 Å². The van der Waals surface area contributed by atoms with Gasteiger partial charge in [0.2, 0.25) is 0 Å². The van der Waals surface area contributed by atoms with Crippen molar-refractivity contribution in [3.8, 4) is 0 Å². The topological polar surface area (TPSA) is 169 Å². The Bertz CT molecular complexity index is 610. The summed E-state index contributed by atoms with van der Waals surface area (Å²) in [6.45, 7) is 5.56. The second-order valence-corrected chi connectivity index (χ2v) is 10.5. The average molecular weight is 563 g/mol. The van der Waals surface area contributed by atoms with Crippen molar-refractivity contribution < 1.29 is 39.9 Å². The van der Waals surface area contributed by atoms with E-state index in [9.17, 15) is 30.0 Å². The molecule has 0 aromatic heterocycles. The van der Waals surface area contributed by atoms with Crippen molar-refractivity contribution in [3.05, 3.63) is 0 Å². The molecule has 232 valence electrons. The zero-order valence-electron chi connectivity index (χ0n) is 24.7. The molecular formula is C29H58N2O8. The molecule has 0 aliphatic carbocycles. The zero-order valence-corrected chi connectivity index (χ0v) is 24.7. The van der Waals surface area contributed by atoms with E-state index in [1.807, 2.05) is 6.92 Å². The lowest BCUT2D eigenvalue weighted by Gasteiger charge is -2.27. The van der Waals surface area contributed by atoms with Crippen LogP contribution in [0.5, 0.6) is 0 Å². The van der Waals surface area contributed by atoms with Crippen LogP contribution in [-0.4, -0.2) is 87.2 Å². The van der Waals surface area contributed by atoms with Gasteiger partial charge in [-0.2, -0.15) is 0 Å². The third-order valence-corrected chi connectivity index (χ3v) is 6.97. The molecule has 0 heterocycles. The normalized spacial score (nSPS) is 16.2. The summed E-state index contributed by atoms with van der Waals surface area (Å²) >= 11 is 0. The van der Waals surface area contributed by atoms with Gasteiger partial charge in [-0.3, -0.25) is 9.59 Å². The maximum atomic E-state index is 12.8. The van der Waals surface area contributed by atoms with Gasteiger partial charge in [-0.15, -0.1) is 0 Å². The average Bonchev–Trinajstić information content (AvgIpc) is 2.94. The molecule has 0 radical (unpaired) electrons. The minimum atomic E-state index is -2.06. The maximum Gasteiger partial charge on any atom is 0.253 e. The number of hydrogen-bond donors (Lipinski definition) is 7. The zero-order chi connectivity index (χ0) is 29.5. The van der Waals surface area contributed by atoms with Gasteiger partial charge >= 0.3 is 0 Å². The van der Waals surface area contributed by atoms with Crippen LogP contribution in [0.1, 0.15) is 124 Å². The molecule has 7 N–H and O–H groups in total. The first-order chi connectivity index (χ1) is 18.7. The number of rotatable bonds is 26. The van der Waals surface area contributed by atoms with Crippen molar-refractivity contribution in [1.29, 1.82) is 0 Å². The van der Waals surface area contributed by atoms with Crippen LogP contribution >= 0.6 is 0 Å². The van der Waals surface area contributed by atoms with E-state index in [0.29, 0.717) is 19.4 Å². The van der Waals surface area contributed by atoms with Crippen molar-refractivity contribution in [1.82, 2.24) is 10.6 Å². The highest BCUT2D eigenvalue weighted by Gasteiger charge is 2.35. The summed E-state index contributed by atoms with van der Waals surface area (Å²) in [5, 5.41) is 53.0. The first kappa shape index (κ1) is 37.7. The van der Waals surface area contributed by atoms with Crippen LogP contribution in [0.15, 0.2) is 0 Å². The molecule has 2 unspecified atom stereocenters. The van der Waals surface area contributed by atoms with Gasteiger partial charge < -0.3 is 40.9 Å². The Morgan fingerprint density at radius 3 is 1.62 bits per heavy atom. The first-order valence-corrected chi connectivity index (χ1v) is 15.3. The minimum absolute atomic E-state index is 0.305. The molecule has 2 amide bonds. The first-order valence-electron chi connectivity index (χ1n) is 15.3. The summed E-state index contributed by atoms with van der Waals surface area (Å²) in [6, 6.07) is 0. The van der Waals surface area contributed by atoms with Crippen LogP contribution in [0.3, 0.4) is 0 Å². The Morgan fingerprint density at radius 1 is 0.667 bits per heavy atom. The molecule has 0 aromatic carbocycles. The molecule has 39 heavy (non-hydrogen) atoms. The fraction of sp³-hybridized carbons (Fsp3) is 0.931. The quantitative estimate of drug-likeness (QED) is 0.0623. The Balaban J connectivity index is 4.28.